The fraction of sp³-hybridized carbons (Fsp3) is 0.650. The summed E-state index contributed by atoms with van der Waals surface area (Å²) >= 11 is 0. The van der Waals surface area contributed by atoms with E-state index in [2.05, 4.69) is 17.0 Å². The molecule has 1 saturated heterocycles. The predicted molar refractivity (Wildman–Crippen MR) is 107 cm³/mol. The first-order chi connectivity index (χ1) is 13.0. The van der Waals surface area contributed by atoms with Gasteiger partial charge in [-0.15, -0.1) is 0 Å². The predicted octanol–water partition coefficient (Wildman–Crippen LogP) is 2.23. The van der Waals surface area contributed by atoms with Gasteiger partial charge in [0.15, 0.2) is 9.84 Å². The molecule has 150 valence electrons. The molecule has 1 aliphatic carbocycles. The van der Waals surface area contributed by atoms with E-state index >= 15 is 0 Å². The van der Waals surface area contributed by atoms with Gasteiger partial charge in [0.2, 0.25) is 5.91 Å². The minimum atomic E-state index is -3.14. The molecule has 0 radical (unpaired) electrons. The molecule has 0 N–H and O–H groups in total. The number of anilines is 1. The minimum Gasteiger partial charge on any atom is -0.378 e. The molecule has 1 aromatic rings. The maximum Gasteiger partial charge on any atom is 0.223 e. The van der Waals surface area contributed by atoms with E-state index in [4.69, 9.17) is 4.74 Å². The standard InChI is InChI=1S/C20H30N2O4S/c1-21(20(23)10-15-27(24,25)19-4-2-3-5-19)16-17-6-8-18(9-7-17)22-11-13-26-14-12-22/h6-9,19H,2-5,10-16H2,1H3. The highest BCUT2D eigenvalue weighted by atomic mass is 32.2. The van der Waals surface area contributed by atoms with E-state index < -0.39 is 9.84 Å². The fourth-order valence-corrected chi connectivity index (χ4v) is 5.67. The number of carbonyl (C=O) groups is 1. The summed E-state index contributed by atoms with van der Waals surface area (Å²) in [7, 11) is -1.41. The van der Waals surface area contributed by atoms with Crippen molar-refractivity contribution in [2.45, 2.75) is 43.9 Å². The summed E-state index contributed by atoms with van der Waals surface area (Å²) in [5.74, 6) is -0.148. The van der Waals surface area contributed by atoms with Gasteiger partial charge in [-0.1, -0.05) is 25.0 Å². The van der Waals surface area contributed by atoms with Gasteiger partial charge < -0.3 is 14.5 Å². The number of morpholine rings is 1. The van der Waals surface area contributed by atoms with Crippen molar-refractivity contribution < 1.29 is 17.9 Å². The van der Waals surface area contributed by atoms with E-state index in [1.807, 2.05) is 12.1 Å². The Balaban J connectivity index is 1.48. The second-order valence-electron chi connectivity index (χ2n) is 7.54. The first kappa shape index (κ1) is 20.1. The molecule has 0 bridgehead atoms. The Hall–Kier alpha value is -1.60. The van der Waals surface area contributed by atoms with Gasteiger partial charge in [-0.2, -0.15) is 0 Å². The minimum absolute atomic E-state index is 0.0309. The number of ether oxygens (including phenoxy) is 1. The van der Waals surface area contributed by atoms with Crippen molar-refractivity contribution in [1.82, 2.24) is 4.90 Å². The molecule has 0 aromatic heterocycles. The molecule has 3 rings (SSSR count). The van der Waals surface area contributed by atoms with Crippen molar-refractivity contribution >= 4 is 21.4 Å². The zero-order chi connectivity index (χ0) is 19.3. The van der Waals surface area contributed by atoms with E-state index in [1.165, 1.54) is 5.69 Å². The lowest BCUT2D eigenvalue weighted by atomic mass is 10.1. The largest absolute Gasteiger partial charge is 0.378 e. The number of nitrogens with zero attached hydrogens (tertiary/aromatic N) is 2. The zero-order valence-electron chi connectivity index (χ0n) is 16.1. The van der Waals surface area contributed by atoms with Crippen LogP contribution in [-0.4, -0.2) is 63.6 Å². The van der Waals surface area contributed by atoms with Crippen LogP contribution in [-0.2, 0) is 25.9 Å². The number of carbonyl (C=O) groups excluding carboxylic acids is 1. The van der Waals surface area contributed by atoms with Crippen LogP contribution < -0.4 is 4.90 Å². The molecule has 6 nitrogen and oxygen atoms in total. The van der Waals surface area contributed by atoms with Crippen LogP contribution in [0.15, 0.2) is 24.3 Å². The molecule has 1 heterocycles. The molecule has 1 saturated carbocycles. The van der Waals surface area contributed by atoms with Crippen LogP contribution in [0.1, 0.15) is 37.7 Å². The second kappa shape index (κ2) is 9.06. The maximum absolute atomic E-state index is 12.4. The van der Waals surface area contributed by atoms with Gasteiger partial charge in [0.1, 0.15) is 0 Å². The molecule has 2 aliphatic rings. The molecule has 2 fully saturated rings. The van der Waals surface area contributed by atoms with Gasteiger partial charge >= 0.3 is 0 Å². The Labute approximate surface area is 162 Å². The van der Waals surface area contributed by atoms with Crippen molar-refractivity contribution in [3.05, 3.63) is 29.8 Å². The zero-order valence-corrected chi connectivity index (χ0v) is 16.9. The van der Waals surface area contributed by atoms with Crippen LogP contribution in [0, 0.1) is 0 Å². The molecule has 1 amide bonds. The van der Waals surface area contributed by atoms with Gasteiger partial charge in [0.25, 0.3) is 0 Å². The average Bonchev–Trinajstić information content (AvgIpc) is 3.23. The average molecular weight is 395 g/mol. The molecule has 7 heteroatoms. The number of hydrogen-bond donors (Lipinski definition) is 0. The molecule has 0 atom stereocenters. The maximum atomic E-state index is 12.4. The normalized spacial score (nSPS) is 18.6. The molecule has 0 unspecified atom stereocenters. The highest BCUT2D eigenvalue weighted by Crippen LogP contribution is 2.25. The summed E-state index contributed by atoms with van der Waals surface area (Å²) in [6.45, 7) is 3.79. The molecule has 1 aromatic carbocycles. The van der Waals surface area contributed by atoms with Crippen LogP contribution in [0.5, 0.6) is 0 Å². The SMILES string of the molecule is CN(Cc1ccc(N2CCOCC2)cc1)C(=O)CCS(=O)(=O)C1CCCC1. The third-order valence-electron chi connectivity index (χ3n) is 5.57. The number of sulfone groups is 1. The number of hydrogen-bond acceptors (Lipinski definition) is 5. The van der Waals surface area contributed by atoms with Crippen molar-refractivity contribution in [3.8, 4) is 0 Å². The van der Waals surface area contributed by atoms with Crippen molar-refractivity contribution in [1.29, 1.82) is 0 Å². The number of benzene rings is 1. The van der Waals surface area contributed by atoms with Crippen LogP contribution in [0.4, 0.5) is 5.69 Å². The lowest BCUT2D eigenvalue weighted by Gasteiger charge is -2.29. The smallest absolute Gasteiger partial charge is 0.223 e. The first-order valence-corrected chi connectivity index (χ1v) is 11.5. The van der Waals surface area contributed by atoms with Gasteiger partial charge in [-0.05, 0) is 30.5 Å². The molecular weight excluding hydrogens is 364 g/mol. The number of rotatable bonds is 7. The third-order valence-corrected chi connectivity index (χ3v) is 7.83. The lowest BCUT2D eigenvalue weighted by molar-refractivity contribution is -0.130. The van der Waals surface area contributed by atoms with Crippen LogP contribution >= 0.6 is 0 Å². The van der Waals surface area contributed by atoms with E-state index in [1.54, 1.807) is 11.9 Å². The molecule has 27 heavy (non-hydrogen) atoms. The van der Waals surface area contributed by atoms with Crippen molar-refractivity contribution in [2.24, 2.45) is 0 Å². The molecule has 0 spiro atoms. The van der Waals surface area contributed by atoms with E-state index in [0.717, 1.165) is 57.6 Å². The monoisotopic (exact) mass is 394 g/mol. The van der Waals surface area contributed by atoms with Crippen LogP contribution in [0.2, 0.25) is 0 Å². The van der Waals surface area contributed by atoms with E-state index in [9.17, 15) is 13.2 Å². The van der Waals surface area contributed by atoms with Gasteiger partial charge in [-0.25, -0.2) is 8.42 Å². The summed E-state index contributed by atoms with van der Waals surface area (Å²) < 4.78 is 30.0. The van der Waals surface area contributed by atoms with Gasteiger partial charge in [-0.3, -0.25) is 4.79 Å². The topological polar surface area (TPSA) is 66.9 Å². The van der Waals surface area contributed by atoms with Crippen LogP contribution in [0.25, 0.3) is 0 Å². The van der Waals surface area contributed by atoms with Crippen LogP contribution in [0.3, 0.4) is 0 Å². The summed E-state index contributed by atoms with van der Waals surface area (Å²) in [6, 6.07) is 8.21. The summed E-state index contributed by atoms with van der Waals surface area (Å²) in [5.41, 5.74) is 2.21. The quantitative estimate of drug-likeness (QED) is 0.709. The van der Waals surface area contributed by atoms with Gasteiger partial charge in [0.05, 0.1) is 24.2 Å². The second-order valence-corrected chi connectivity index (χ2v) is 9.94. The Kier molecular flexibility index (Phi) is 6.76. The Morgan fingerprint density at radius 2 is 1.78 bits per heavy atom. The summed E-state index contributed by atoms with van der Waals surface area (Å²) in [5, 5.41) is -0.233. The summed E-state index contributed by atoms with van der Waals surface area (Å²) in [4.78, 5) is 16.3. The summed E-state index contributed by atoms with van der Waals surface area (Å²) in [6.07, 6.45) is 3.54. The Morgan fingerprint density at radius 3 is 2.41 bits per heavy atom. The Morgan fingerprint density at radius 1 is 1.15 bits per heavy atom. The lowest BCUT2D eigenvalue weighted by Crippen LogP contribution is -2.36. The molecule has 1 aliphatic heterocycles. The van der Waals surface area contributed by atoms with E-state index in [-0.39, 0.29) is 23.3 Å². The number of amides is 1. The van der Waals surface area contributed by atoms with E-state index in [0.29, 0.717) is 6.54 Å². The third kappa shape index (κ3) is 5.45. The highest BCUT2D eigenvalue weighted by molar-refractivity contribution is 7.92. The van der Waals surface area contributed by atoms with Crippen molar-refractivity contribution in [3.63, 3.8) is 0 Å². The van der Waals surface area contributed by atoms with Gasteiger partial charge in [0, 0.05) is 38.8 Å². The van der Waals surface area contributed by atoms with Crippen molar-refractivity contribution in [2.75, 3.05) is 44.0 Å². The molecular formula is C20H30N2O4S. The Bertz CT molecular complexity index is 721. The highest BCUT2D eigenvalue weighted by Gasteiger charge is 2.29. The fourth-order valence-electron chi connectivity index (χ4n) is 3.83. The first-order valence-electron chi connectivity index (χ1n) is 9.83.